The molecule has 5 fully saturated rings. The second-order valence-corrected chi connectivity index (χ2v) is 18.1. The molecule has 0 radical (unpaired) electrons. The number of hydrogen-bond acceptors (Lipinski definition) is 5. The molecule has 7 rings (SSSR count). The monoisotopic (exact) mass is 659 g/mol. The molecule has 7 nitrogen and oxygen atoms in total. The minimum absolute atomic E-state index is 0.0136. The van der Waals surface area contributed by atoms with E-state index in [0.717, 1.165) is 52.0 Å². The molecule has 5 aliphatic carbocycles. The Morgan fingerprint density at radius 2 is 1.52 bits per heavy atom. The molecule has 1 aromatic carbocycles. The lowest BCUT2D eigenvalue weighted by molar-refractivity contribution is -0.217. The molecule has 0 bridgehead atoms. The number of carboxylic acids is 1. The summed E-state index contributed by atoms with van der Waals surface area (Å²) in [5, 5.41) is 22.5. The standard InChI is InChI=1S/C41H61N3O4/c1-37(2)30(28-8-10-29(11-9-28)36(47)48)14-17-38(3)33(37)15-18-40(5)34(38)13-12-31-32-7-6-16-41(32,20-19-39(31,40)4)42-35(46)27-44-23-21-43(22-24-44)25-26-45/h8-11,14,31-34,45H,6-7,12-13,15-27H2,1-5H3,(H,42,46)(H,47,48)/t31-,32?,33?,34?,38+,39-,40-,41+/m1/s1. The minimum Gasteiger partial charge on any atom is -0.478 e. The van der Waals surface area contributed by atoms with Crippen LogP contribution >= 0.6 is 0 Å². The molecule has 1 amide bonds. The highest BCUT2D eigenvalue weighted by Crippen LogP contribution is 2.76. The summed E-state index contributed by atoms with van der Waals surface area (Å²) >= 11 is 0. The number of piperazine rings is 1. The Balaban J connectivity index is 1.09. The maximum atomic E-state index is 13.7. The number of aliphatic hydroxyl groups is 1. The van der Waals surface area contributed by atoms with Gasteiger partial charge in [0, 0.05) is 38.3 Å². The van der Waals surface area contributed by atoms with Gasteiger partial charge in [0.1, 0.15) is 0 Å². The van der Waals surface area contributed by atoms with Crippen molar-refractivity contribution in [1.29, 1.82) is 0 Å². The number of benzene rings is 1. The van der Waals surface area contributed by atoms with Gasteiger partial charge in [-0.05, 0) is 126 Å². The van der Waals surface area contributed by atoms with Crippen molar-refractivity contribution >= 4 is 17.4 Å². The zero-order valence-electron chi connectivity index (χ0n) is 30.3. The third-order valence-corrected chi connectivity index (χ3v) is 16.0. The van der Waals surface area contributed by atoms with Gasteiger partial charge in [-0.1, -0.05) is 59.2 Å². The molecule has 1 aliphatic heterocycles. The topological polar surface area (TPSA) is 93.1 Å². The molecule has 48 heavy (non-hydrogen) atoms. The summed E-state index contributed by atoms with van der Waals surface area (Å²) in [4.78, 5) is 29.8. The molecular formula is C41H61N3O4. The molecule has 1 heterocycles. The van der Waals surface area contributed by atoms with Crippen molar-refractivity contribution in [2.24, 2.45) is 45.3 Å². The number of allylic oxidation sites excluding steroid dienone is 2. The van der Waals surface area contributed by atoms with E-state index in [0.29, 0.717) is 35.8 Å². The average Bonchev–Trinajstić information content (AvgIpc) is 3.46. The van der Waals surface area contributed by atoms with E-state index in [4.69, 9.17) is 0 Å². The molecule has 4 saturated carbocycles. The Labute approximate surface area is 288 Å². The lowest BCUT2D eigenvalue weighted by Crippen LogP contribution is -2.68. The summed E-state index contributed by atoms with van der Waals surface area (Å²) in [5.74, 6) is 1.84. The molecule has 3 unspecified atom stereocenters. The highest BCUT2D eigenvalue weighted by Gasteiger charge is 2.69. The van der Waals surface area contributed by atoms with Crippen LogP contribution in [-0.2, 0) is 4.79 Å². The van der Waals surface area contributed by atoms with Crippen molar-refractivity contribution < 1.29 is 19.8 Å². The number of carboxylic acid groups (broad SMARTS) is 1. The van der Waals surface area contributed by atoms with Gasteiger partial charge in [0.15, 0.2) is 0 Å². The van der Waals surface area contributed by atoms with Crippen LogP contribution < -0.4 is 5.32 Å². The van der Waals surface area contributed by atoms with Gasteiger partial charge in [-0.25, -0.2) is 4.79 Å². The van der Waals surface area contributed by atoms with E-state index in [1.807, 2.05) is 12.1 Å². The van der Waals surface area contributed by atoms with Crippen molar-refractivity contribution in [1.82, 2.24) is 15.1 Å². The number of carbonyl (C=O) groups is 2. The summed E-state index contributed by atoms with van der Waals surface area (Å²) in [6.07, 6.45) is 14.6. The fraction of sp³-hybridized carbons (Fsp3) is 0.756. The summed E-state index contributed by atoms with van der Waals surface area (Å²) in [6.45, 7) is 17.9. The Hall–Kier alpha value is -2.22. The summed E-state index contributed by atoms with van der Waals surface area (Å²) < 4.78 is 0. The summed E-state index contributed by atoms with van der Waals surface area (Å²) in [5.41, 5.74) is 3.67. The van der Waals surface area contributed by atoms with Crippen LogP contribution in [0.4, 0.5) is 0 Å². The smallest absolute Gasteiger partial charge is 0.335 e. The summed E-state index contributed by atoms with van der Waals surface area (Å²) in [7, 11) is 0. The van der Waals surface area contributed by atoms with Gasteiger partial charge in [-0.15, -0.1) is 0 Å². The first-order chi connectivity index (χ1) is 22.8. The van der Waals surface area contributed by atoms with E-state index >= 15 is 0 Å². The Bertz CT molecular complexity index is 1430. The number of rotatable bonds is 7. The maximum absolute atomic E-state index is 13.7. The largest absolute Gasteiger partial charge is 0.478 e. The molecular weight excluding hydrogens is 598 g/mol. The number of aliphatic hydroxyl groups excluding tert-OH is 1. The van der Waals surface area contributed by atoms with Crippen LogP contribution in [0.2, 0.25) is 0 Å². The highest BCUT2D eigenvalue weighted by atomic mass is 16.4. The molecule has 1 saturated heterocycles. The van der Waals surface area contributed by atoms with Crippen molar-refractivity contribution in [3.63, 3.8) is 0 Å². The quantitative estimate of drug-likeness (QED) is 0.301. The molecule has 6 aliphatic rings. The number of hydrogen-bond donors (Lipinski definition) is 3. The van der Waals surface area contributed by atoms with Crippen molar-refractivity contribution in [2.75, 3.05) is 45.9 Å². The van der Waals surface area contributed by atoms with Crippen molar-refractivity contribution in [3.05, 3.63) is 41.5 Å². The number of aromatic carboxylic acids is 1. The van der Waals surface area contributed by atoms with Gasteiger partial charge in [-0.2, -0.15) is 0 Å². The third-order valence-electron chi connectivity index (χ3n) is 16.0. The van der Waals surface area contributed by atoms with Gasteiger partial charge in [0.05, 0.1) is 18.7 Å². The molecule has 0 spiro atoms. The van der Waals surface area contributed by atoms with Crippen LogP contribution in [0.3, 0.4) is 0 Å². The zero-order chi connectivity index (χ0) is 34.1. The second kappa shape index (κ2) is 12.2. The lowest BCUT2D eigenvalue weighted by atomic mass is 9.33. The van der Waals surface area contributed by atoms with Crippen molar-refractivity contribution in [2.45, 2.75) is 104 Å². The number of amides is 1. The number of nitrogens with one attached hydrogen (secondary N) is 1. The maximum Gasteiger partial charge on any atom is 0.335 e. The van der Waals surface area contributed by atoms with Gasteiger partial charge in [0.25, 0.3) is 0 Å². The summed E-state index contributed by atoms with van der Waals surface area (Å²) in [6, 6.07) is 7.56. The minimum atomic E-state index is -0.869. The number of nitrogens with zero attached hydrogens (tertiary/aromatic N) is 2. The van der Waals surface area contributed by atoms with Gasteiger partial charge in [-0.3, -0.25) is 14.6 Å². The van der Waals surface area contributed by atoms with Crippen LogP contribution in [-0.4, -0.2) is 83.3 Å². The first-order valence-electron chi connectivity index (χ1n) is 19.2. The van der Waals surface area contributed by atoms with Gasteiger partial charge >= 0.3 is 5.97 Å². The van der Waals surface area contributed by atoms with E-state index in [2.05, 4.69) is 55.8 Å². The van der Waals surface area contributed by atoms with E-state index in [-0.39, 0.29) is 39.7 Å². The predicted molar refractivity (Wildman–Crippen MR) is 190 cm³/mol. The van der Waals surface area contributed by atoms with Crippen LogP contribution in [0.1, 0.15) is 115 Å². The predicted octanol–water partition coefficient (Wildman–Crippen LogP) is 6.71. The highest BCUT2D eigenvalue weighted by molar-refractivity contribution is 5.88. The number of fused-ring (bicyclic) bond motifs is 7. The van der Waals surface area contributed by atoms with E-state index < -0.39 is 5.97 Å². The number of carbonyl (C=O) groups excluding carboxylic acids is 1. The molecule has 264 valence electrons. The van der Waals surface area contributed by atoms with Crippen molar-refractivity contribution in [3.8, 4) is 0 Å². The van der Waals surface area contributed by atoms with E-state index in [9.17, 15) is 19.8 Å². The fourth-order valence-corrected chi connectivity index (χ4v) is 13.5. The molecule has 8 atom stereocenters. The molecule has 0 aromatic heterocycles. The van der Waals surface area contributed by atoms with Gasteiger partial charge in [0.2, 0.25) is 5.91 Å². The van der Waals surface area contributed by atoms with Crippen LogP contribution in [0.25, 0.3) is 5.57 Å². The Morgan fingerprint density at radius 1 is 0.812 bits per heavy atom. The van der Waals surface area contributed by atoms with Gasteiger partial charge < -0.3 is 15.5 Å². The Morgan fingerprint density at radius 3 is 2.21 bits per heavy atom. The first kappa shape index (κ1) is 34.2. The van der Waals surface area contributed by atoms with Crippen LogP contribution in [0.5, 0.6) is 0 Å². The first-order valence-corrected chi connectivity index (χ1v) is 19.2. The van der Waals surface area contributed by atoms with E-state index in [1.165, 1.54) is 56.1 Å². The lowest BCUT2D eigenvalue weighted by Gasteiger charge is -2.72. The molecule has 1 aromatic rings. The van der Waals surface area contributed by atoms with Crippen LogP contribution in [0, 0.1) is 45.3 Å². The van der Waals surface area contributed by atoms with E-state index in [1.54, 1.807) is 12.1 Å². The van der Waals surface area contributed by atoms with Crippen LogP contribution in [0.15, 0.2) is 30.3 Å². The fourth-order valence-electron chi connectivity index (χ4n) is 13.5. The average molecular weight is 660 g/mol. The SMILES string of the molecule is CC1(C)C(c2ccc(C(=O)O)cc2)=CC[C@@]2(C)C1CC[C@]1(C)C2CC[C@@H]2C3CCC[C@]3(NC(=O)CN3CCN(CCO)CC3)CC[C@]21C. The zero-order valence-corrected chi connectivity index (χ0v) is 30.3. The normalized spacial score (nSPS) is 40.9. The number of β-amino-alcohol motifs (C(OH)–C–C–N with tert-alkyl or cyclic N) is 1. The second-order valence-electron chi connectivity index (χ2n) is 18.1. The third kappa shape index (κ3) is 5.23. The Kier molecular flexibility index (Phi) is 8.72. The molecule has 7 heteroatoms. The molecule has 3 N–H and O–H groups in total.